The molecule has 0 aliphatic carbocycles. The van der Waals surface area contributed by atoms with Gasteiger partial charge < -0.3 is 35.8 Å². The van der Waals surface area contributed by atoms with E-state index in [1.54, 1.807) is 31.5 Å². The lowest BCUT2D eigenvalue weighted by molar-refractivity contribution is 0.262. The van der Waals surface area contributed by atoms with Crippen molar-refractivity contribution < 1.29 is 18.8 Å². The lowest BCUT2D eigenvalue weighted by Gasteiger charge is -2.25. The van der Waals surface area contributed by atoms with Gasteiger partial charge in [0.2, 0.25) is 5.88 Å². The number of fused-ring (bicyclic) bond motifs is 1. The Kier molecular flexibility index (Phi) is 8.63. The lowest BCUT2D eigenvalue weighted by Crippen LogP contribution is -2.23. The second kappa shape index (κ2) is 12.0. The number of carbonyl (C=O) groups excluding carboxylic acids is 1. The summed E-state index contributed by atoms with van der Waals surface area (Å²) in [6, 6.07) is 15.7. The molecule has 12 heteroatoms. The van der Waals surface area contributed by atoms with E-state index in [0.717, 1.165) is 22.6 Å². The molecule has 5 N–H and O–H groups in total. The maximum Gasteiger partial charge on any atom is 0.323 e. The van der Waals surface area contributed by atoms with E-state index in [9.17, 15) is 9.36 Å². The van der Waals surface area contributed by atoms with Gasteiger partial charge in [0, 0.05) is 23.0 Å². The van der Waals surface area contributed by atoms with Crippen molar-refractivity contribution in [2.45, 2.75) is 26.2 Å². The van der Waals surface area contributed by atoms with E-state index in [1.807, 2.05) is 36.4 Å². The number of urea groups is 1. The topological polar surface area (TPSA) is 165 Å². The third-order valence-electron chi connectivity index (χ3n) is 6.31. The van der Waals surface area contributed by atoms with Crippen LogP contribution in [0.3, 0.4) is 0 Å². The minimum Gasteiger partial charge on any atom is -0.494 e. The summed E-state index contributed by atoms with van der Waals surface area (Å²) in [6.07, 6.45) is 2.37. The van der Waals surface area contributed by atoms with E-state index in [4.69, 9.17) is 20.6 Å². The highest BCUT2D eigenvalue weighted by Crippen LogP contribution is 2.43. The summed E-state index contributed by atoms with van der Waals surface area (Å²) in [5, 5.41) is 15.0. The van der Waals surface area contributed by atoms with Crippen molar-refractivity contribution in [2.75, 3.05) is 31.1 Å². The molecule has 0 radical (unpaired) electrons. The van der Waals surface area contributed by atoms with Crippen molar-refractivity contribution >= 4 is 58.6 Å². The van der Waals surface area contributed by atoms with Crippen molar-refractivity contribution in [2.24, 2.45) is 10.7 Å². The quantitative estimate of drug-likeness (QED) is 0.107. The molecule has 0 spiro atoms. The first-order valence-corrected chi connectivity index (χ1v) is 15.6. The number of rotatable bonds is 8. The Balaban J connectivity index is 1.65. The number of hydrogen-bond acceptors (Lipinski definition) is 8. The van der Waals surface area contributed by atoms with Gasteiger partial charge in [0.1, 0.15) is 18.7 Å². The summed E-state index contributed by atoms with van der Waals surface area (Å²) in [5.74, 6) is 1.12. The molecule has 0 unspecified atom stereocenters. The van der Waals surface area contributed by atoms with Crippen molar-refractivity contribution in [3.63, 3.8) is 0 Å². The number of anilines is 2. The molecule has 0 bridgehead atoms. The summed E-state index contributed by atoms with van der Waals surface area (Å²) < 4.78 is 24.8. The summed E-state index contributed by atoms with van der Waals surface area (Å²) in [4.78, 5) is 25.5. The van der Waals surface area contributed by atoms with Gasteiger partial charge in [0.15, 0.2) is 5.75 Å². The van der Waals surface area contributed by atoms with Crippen LogP contribution in [0.15, 0.2) is 65.8 Å². The Bertz CT molecular complexity index is 1740. The van der Waals surface area contributed by atoms with Crippen molar-refractivity contribution in [3.8, 4) is 17.4 Å². The van der Waals surface area contributed by atoms with Crippen molar-refractivity contribution in [1.29, 1.82) is 5.41 Å². The normalized spacial score (nSPS) is 12.1. The van der Waals surface area contributed by atoms with E-state index in [1.165, 1.54) is 13.3 Å². The smallest absolute Gasteiger partial charge is 0.323 e. The summed E-state index contributed by atoms with van der Waals surface area (Å²) in [7, 11) is -1.23. The highest BCUT2D eigenvalue weighted by atomic mass is 31.2. The molecule has 42 heavy (non-hydrogen) atoms. The summed E-state index contributed by atoms with van der Waals surface area (Å²) in [6.45, 7) is 9.51. The Labute approximate surface area is 244 Å². The first kappa shape index (κ1) is 30.2. The van der Waals surface area contributed by atoms with Gasteiger partial charge in [0.05, 0.1) is 30.0 Å². The number of nitrogens with one attached hydrogen (secondary N) is 3. The van der Waals surface area contributed by atoms with Crippen LogP contribution >= 0.6 is 7.14 Å². The summed E-state index contributed by atoms with van der Waals surface area (Å²) >= 11 is 0. The number of aromatic nitrogens is 2. The Morgan fingerprint density at radius 3 is 2.38 bits per heavy atom. The van der Waals surface area contributed by atoms with E-state index >= 15 is 0 Å². The fourth-order valence-electron chi connectivity index (χ4n) is 4.20. The van der Waals surface area contributed by atoms with Gasteiger partial charge in [-0.15, -0.1) is 0 Å². The largest absolute Gasteiger partial charge is 0.494 e. The number of nitrogens with zero attached hydrogens (tertiary/aromatic N) is 3. The molecule has 218 valence electrons. The molecule has 1 heterocycles. The fraction of sp³-hybridized carbons (Fsp3) is 0.233. The first-order valence-electron chi connectivity index (χ1n) is 13.0. The molecule has 11 nitrogen and oxygen atoms in total. The Morgan fingerprint density at radius 2 is 1.74 bits per heavy atom. The number of benzene rings is 3. The predicted molar refractivity (Wildman–Crippen MR) is 170 cm³/mol. The molecule has 0 aliphatic rings. The SMILES string of the molecule is COc1c(NC(=O)Nc2ccc(Oc3ccnc(N=C(N)C=N)n3)c3ccccc23)cc(C(C)(C)C)cc1P(C)(C)=O. The molecule has 4 rings (SSSR count). The van der Waals surface area contributed by atoms with Gasteiger partial charge in [-0.05, 0) is 48.6 Å². The molecule has 4 aromatic rings. The number of aliphatic imine (C=N–C) groups is 1. The molecule has 0 aliphatic heterocycles. The second-order valence-electron chi connectivity index (χ2n) is 10.9. The van der Waals surface area contributed by atoms with Gasteiger partial charge in [-0.25, -0.2) is 9.78 Å². The van der Waals surface area contributed by atoms with E-state index in [0.29, 0.717) is 28.2 Å². The second-order valence-corrected chi connectivity index (χ2v) is 14.1. The highest BCUT2D eigenvalue weighted by Gasteiger charge is 2.26. The minimum atomic E-state index is -2.73. The standard InChI is InChI=1S/C30H34N7O4P/c1-30(2,3)18-15-22(27(40-4)24(16-18)42(5,6)39)35-29(38)34-21-11-12-23(20-10-8-7-9-19(20)21)41-26-13-14-33-28(37-26)36-25(32)17-31/h7-17,31H,1-6H3,(H2,34,35,38)(H2,32,33,36,37). The van der Waals surface area contributed by atoms with Crippen LogP contribution in [-0.4, -0.2) is 48.5 Å². The third-order valence-corrected chi connectivity index (χ3v) is 7.80. The predicted octanol–water partition coefficient (Wildman–Crippen LogP) is 6.26. The molecular formula is C30H34N7O4P. The number of nitrogens with two attached hydrogens (primary N) is 1. The monoisotopic (exact) mass is 587 g/mol. The number of hydrogen-bond donors (Lipinski definition) is 4. The van der Waals surface area contributed by atoms with Crippen LogP contribution in [0.2, 0.25) is 0 Å². The molecule has 1 aromatic heterocycles. The third kappa shape index (κ3) is 6.92. The van der Waals surface area contributed by atoms with Gasteiger partial charge in [-0.3, -0.25) is 0 Å². The summed E-state index contributed by atoms with van der Waals surface area (Å²) in [5.41, 5.74) is 7.22. The van der Waals surface area contributed by atoms with Gasteiger partial charge in [0.25, 0.3) is 5.95 Å². The maximum absolute atomic E-state index is 13.3. The average Bonchev–Trinajstić information content (AvgIpc) is 2.93. The first-order chi connectivity index (χ1) is 19.8. The Hall–Kier alpha value is -4.76. The van der Waals surface area contributed by atoms with Crippen LogP contribution in [0.25, 0.3) is 10.8 Å². The molecular weight excluding hydrogens is 553 g/mol. The fourth-order valence-corrected chi connectivity index (χ4v) is 5.35. The zero-order valence-corrected chi connectivity index (χ0v) is 25.2. The van der Waals surface area contributed by atoms with Crippen LogP contribution in [0.1, 0.15) is 26.3 Å². The van der Waals surface area contributed by atoms with Crippen molar-refractivity contribution in [3.05, 3.63) is 66.4 Å². The van der Waals surface area contributed by atoms with Crippen LogP contribution < -0.4 is 31.1 Å². The molecule has 2 amide bonds. The number of ether oxygens (including phenoxy) is 2. The Morgan fingerprint density at radius 1 is 1.05 bits per heavy atom. The van der Waals surface area contributed by atoms with Gasteiger partial charge in [-0.2, -0.15) is 9.98 Å². The van der Waals surface area contributed by atoms with Gasteiger partial charge in [-0.1, -0.05) is 45.0 Å². The zero-order chi connectivity index (χ0) is 30.7. The number of amides is 2. The van der Waals surface area contributed by atoms with Gasteiger partial charge >= 0.3 is 6.03 Å². The molecule has 0 saturated carbocycles. The highest BCUT2D eigenvalue weighted by molar-refractivity contribution is 7.70. The van der Waals surface area contributed by atoms with E-state index in [-0.39, 0.29) is 23.1 Å². The number of methoxy groups -OCH3 is 1. The maximum atomic E-state index is 13.3. The zero-order valence-electron chi connectivity index (χ0n) is 24.4. The molecule has 0 atom stereocenters. The van der Waals surface area contributed by atoms with Crippen molar-refractivity contribution in [1.82, 2.24) is 9.97 Å². The van der Waals surface area contributed by atoms with Crippen LogP contribution in [-0.2, 0) is 9.98 Å². The van der Waals surface area contributed by atoms with E-state index < -0.39 is 13.2 Å². The number of carbonyl (C=O) groups is 1. The van der Waals surface area contributed by atoms with Crippen LogP contribution in [0.4, 0.5) is 22.1 Å². The average molecular weight is 588 g/mol. The molecule has 3 aromatic carbocycles. The molecule has 0 fully saturated rings. The van der Waals surface area contributed by atoms with E-state index in [2.05, 4.69) is 46.4 Å². The van der Waals surface area contributed by atoms with Crippen LogP contribution in [0, 0.1) is 5.41 Å². The van der Waals surface area contributed by atoms with Crippen LogP contribution in [0.5, 0.6) is 17.4 Å². The number of amidine groups is 1. The lowest BCUT2D eigenvalue weighted by atomic mass is 9.86. The minimum absolute atomic E-state index is 0.0383. The molecule has 0 saturated heterocycles.